The van der Waals surface area contributed by atoms with Gasteiger partial charge in [-0.1, -0.05) is 48.6 Å². The summed E-state index contributed by atoms with van der Waals surface area (Å²) in [6, 6.07) is 0. The van der Waals surface area contributed by atoms with E-state index in [1.54, 1.807) is 0 Å². The zero-order chi connectivity index (χ0) is 9.80. The summed E-state index contributed by atoms with van der Waals surface area (Å²) in [5.41, 5.74) is 0. The third kappa shape index (κ3) is 2.90. The Bertz CT molecular complexity index is 285. The van der Waals surface area contributed by atoms with Crippen molar-refractivity contribution in [3.8, 4) is 0 Å². The molecule has 0 spiro atoms. The van der Waals surface area contributed by atoms with Crippen LogP contribution in [-0.2, 0) is 8.86 Å². The molecule has 0 aromatic heterocycles. The number of allylic oxidation sites excluding steroid dienone is 4. The predicted octanol–water partition coefficient (Wildman–Crippen LogP) is 3.02. The van der Waals surface area contributed by atoms with Crippen molar-refractivity contribution in [1.29, 1.82) is 0 Å². The molecule has 2 aliphatic rings. The second-order valence-corrected chi connectivity index (χ2v) is 8.35. The fourth-order valence-electron chi connectivity index (χ4n) is 1.16. The van der Waals surface area contributed by atoms with E-state index in [4.69, 9.17) is 0 Å². The van der Waals surface area contributed by atoms with Gasteiger partial charge in [-0.2, -0.15) is 0 Å². The fraction of sp³-hybridized carbons (Fsp3) is 0.200. The first-order valence-corrected chi connectivity index (χ1v) is 8.25. The molecule has 0 heterocycles. The van der Waals surface area contributed by atoms with Gasteiger partial charge in [-0.25, -0.2) is 4.21 Å². The largest absolute Gasteiger partial charge is 0.236 e. The van der Waals surface area contributed by atoms with Crippen molar-refractivity contribution >= 4 is 30.5 Å². The normalized spacial score (nSPS) is 20.6. The summed E-state index contributed by atoms with van der Waals surface area (Å²) in [6.45, 7) is 0. The van der Waals surface area contributed by atoms with E-state index in [0.29, 0.717) is 0 Å². The Morgan fingerprint density at radius 3 is 1.50 bits per heavy atom. The fourth-order valence-corrected chi connectivity index (χ4v) is 6.22. The molecule has 0 amide bonds. The standard InChI is InChI=1S/C10H10OS3/c11-14(12-9-5-1-2-6-9)13-10-7-3-4-8-10/h1-10H. The van der Waals surface area contributed by atoms with Gasteiger partial charge in [0.2, 0.25) is 0 Å². The van der Waals surface area contributed by atoms with Gasteiger partial charge in [-0.15, -0.1) is 0 Å². The first-order valence-electron chi connectivity index (χ1n) is 4.30. The quantitative estimate of drug-likeness (QED) is 0.705. The van der Waals surface area contributed by atoms with Crippen LogP contribution in [0.5, 0.6) is 0 Å². The first-order chi connectivity index (χ1) is 6.84. The lowest BCUT2D eigenvalue weighted by Crippen LogP contribution is -1.95. The van der Waals surface area contributed by atoms with E-state index in [2.05, 4.69) is 24.3 Å². The van der Waals surface area contributed by atoms with Crippen LogP contribution in [0, 0.1) is 0 Å². The lowest BCUT2D eigenvalue weighted by molar-refractivity contribution is 0.699. The van der Waals surface area contributed by atoms with Gasteiger partial charge in [-0.3, -0.25) is 0 Å². The minimum atomic E-state index is -0.871. The van der Waals surface area contributed by atoms with Gasteiger partial charge in [0.1, 0.15) is 8.86 Å². The van der Waals surface area contributed by atoms with Crippen molar-refractivity contribution in [3.05, 3.63) is 48.6 Å². The molecular formula is C10H10OS3. The first kappa shape index (κ1) is 10.3. The van der Waals surface area contributed by atoms with E-state index in [0.717, 1.165) is 0 Å². The maximum absolute atomic E-state index is 11.7. The van der Waals surface area contributed by atoms with Gasteiger partial charge in [0.25, 0.3) is 0 Å². The Labute approximate surface area is 93.7 Å². The van der Waals surface area contributed by atoms with Crippen LogP contribution in [0.25, 0.3) is 0 Å². The molecule has 0 aromatic carbocycles. The monoisotopic (exact) mass is 242 g/mol. The van der Waals surface area contributed by atoms with E-state index in [1.807, 2.05) is 24.3 Å². The molecule has 0 atom stereocenters. The molecule has 14 heavy (non-hydrogen) atoms. The maximum atomic E-state index is 11.7. The second-order valence-electron chi connectivity index (χ2n) is 2.87. The number of hydrogen-bond donors (Lipinski definition) is 0. The van der Waals surface area contributed by atoms with Gasteiger partial charge in [0.05, 0.1) is 10.5 Å². The highest BCUT2D eigenvalue weighted by Gasteiger charge is 2.14. The molecule has 0 fully saturated rings. The van der Waals surface area contributed by atoms with Crippen LogP contribution in [0.4, 0.5) is 0 Å². The summed E-state index contributed by atoms with van der Waals surface area (Å²) in [7, 11) is 2.10. The summed E-state index contributed by atoms with van der Waals surface area (Å²) < 4.78 is 11.7. The smallest absolute Gasteiger partial charge is 0.142 e. The van der Waals surface area contributed by atoms with E-state index in [1.165, 1.54) is 21.6 Å². The highest BCUT2D eigenvalue weighted by atomic mass is 33.5. The van der Waals surface area contributed by atoms with E-state index >= 15 is 0 Å². The summed E-state index contributed by atoms with van der Waals surface area (Å²) in [4.78, 5) is 0. The highest BCUT2D eigenvalue weighted by molar-refractivity contribution is 9.02. The topological polar surface area (TPSA) is 17.1 Å². The summed E-state index contributed by atoms with van der Waals surface area (Å²) in [5.74, 6) is 0. The molecule has 0 saturated carbocycles. The molecule has 2 rings (SSSR count). The maximum Gasteiger partial charge on any atom is 0.142 e. The van der Waals surface area contributed by atoms with Crippen molar-refractivity contribution in [2.75, 3.05) is 0 Å². The van der Waals surface area contributed by atoms with Crippen LogP contribution >= 0.6 is 21.6 Å². The molecule has 1 nitrogen and oxygen atoms in total. The number of hydrogen-bond acceptors (Lipinski definition) is 3. The zero-order valence-electron chi connectivity index (χ0n) is 7.41. The summed E-state index contributed by atoms with van der Waals surface area (Å²) in [6.07, 6.45) is 16.2. The van der Waals surface area contributed by atoms with Gasteiger partial charge >= 0.3 is 0 Å². The molecule has 0 radical (unpaired) electrons. The highest BCUT2D eigenvalue weighted by Crippen LogP contribution is 2.33. The summed E-state index contributed by atoms with van der Waals surface area (Å²) in [5, 5.41) is 0.579. The van der Waals surface area contributed by atoms with Crippen LogP contribution < -0.4 is 0 Å². The Balaban J connectivity index is 1.78. The lowest BCUT2D eigenvalue weighted by Gasteiger charge is -2.06. The average Bonchev–Trinajstić information content (AvgIpc) is 2.76. The van der Waals surface area contributed by atoms with Gasteiger partial charge in [0.15, 0.2) is 0 Å². The second kappa shape index (κ2) is 5.05. The van der Waals surface area contributed by atoms with Crippen molar-refractivity contribution in [2.24, 2.45) is 0 Å². The molecule has 2 aliphatic carbocycles. The van der Waals surface area contributed by atoms with E-state index in [9.17, 15) is 4.21 Å². The molecule has 0 N–H and O–H groups in total. The zero-order valence-corrected chi connectivity index (χ0v) is 9.86. The SMILES string of the molecule is O=S(SC1C=CC=C1)SC1C=CC=C1. The number of rotatable bonds is 4. The molecule has 4 heteroatoms. The van der Waals surface area contributed by atoms with Crippen molar-refractivity contribution in [3.63, 3.8) is 0 Å². The Hall–Kier alpha value is -0.190. The van der Waals surface area contributed by atoms with Crippen molar-refractivity contribution in [1.82, 2.24) is 0 Å². The average molecular weight is 242 g/mol. The Kier molecular flexibility index (Phi) is 3.73. The van der Waals surface area contributed by atoms with E-state index in [-0.39, 0.29) is 10.5 Å². The Morgan fingerprint density at radius 1 is 0.786 bits per heavy atom. The lowest BCUT2D eigenvalue weighted by atomic mass is 10.5. The van der Waals surface area contributed by atoms with E-state index < -0.39 is 8.86 Å². The van der Waals surface area contributed by atoms with Crippen LogP contribution in [0.3, 0.4) is 0 Å². The molecule has 0 aliphatic heterocycles. The van der Waals surface area contributed by atoms with Crippen LogP contribution in [-0.4, -0.2) is 14.7 Å². The van der Waals surface area contributed by atoms with Crippen LogP contribution in [0.2, 0.25) is 0 Å². The molecular weight excluding hydrogens is 232 g/mol. The molecule has 0 bridgehead atoms. The molecule has 74 valence electrons. The minimum Gasteiger partial charge on any atom is -0.236 e. The van der Waals surface area contributed by atoms with Crippen molar-refractivity contribution in [2.45, 2.75) is 10.5 Å². The molecule has 0 aromatic rings. The van der Waals surface area contributed by atoms with Crippen molar-refractivity contribution < 1.29 is 4.21 Å². The molecule has 0 unspecified atom stereocenters. The Morgan fingerprint density at radius 2 is 1.14 bits per heavy atom. The molecule has 0 saturated heterocycles. The van der Waals surface area contributed by atoms with Gasteiger partial charge in [-0.05, 0) is 21.6 Å². The van der Waals surface area contributed by atoms with Gasteiger partial charge in [0, 0.05) is 0 Å². The summed E-state index contributed by atoms with van der Waals surface area (Å²) >= 11 is 0. The third-order valence-electron chi connectivity index (χ3n) is 1.80. The van der Waals surface area contributed by atoms with Gasteiger partial charge < -0.3 is 0 Å². The third-order valence-corrected chi connectivity index (χ3v) is 6.88. The van der Waals surface area contributed by atoms with Crippen LogP contribution in [0.1, 0.15) is 0 Å². The van der Waals surface area contributed by atoms with Crippen LogP contribution in [0.15, 0.2) is 48.6 Å². The predicted molar refractivity (Wildman–Crippen MR) is 67.5 cm³/mol. The minimum absolute atomic E-state index is 0.290.